The lowest BCUT2D eigenvalue weighted by molar-refractivity contribution is 0.567. The number of hydrogen-bond donors (Lipinski definition) is 1. The topological polar surface area (TPSA) is 52.9 Å². The number of nitrogens with one attached hydrogen (secondary N) is 1. The highest BCUT2D eigenvalue weighted by Gasteiger charge is 1.91. The molecule has 1 N–H and O–H groups in total. The van der Waals surface area contributed by atoms with Crippen LogP contribution in [0.25, 0.3) is 0 Å². The number of rotatable bonds is 3. The molecular weight excluding hydrogens is 164 g/mol. The Balaban J connectivity index is 2.60. The maximum absolute atomic E-state index is 9.81. The van der Waals surface area contributed by atoms with E-state index in [1.807, 2.05) is 18.2 Å². The van der Waals surface area contributed by atoms with Gasteiger partial charge in [0.25, 0.3) is 0 Å². The van der Waals surface area contributed by atoms with Crippen LogP contribution in [0.2, 0.25) is 0 Å². The van der Waals surface area contributed by atoms with E-state index in [1.54, 1.807) is 18.1 Å². The van der Waals surface area contributed by atoms with Crippen LogP contribution in [0.3, 0.4) is 0 Å². The van der Waals surface area contributed by atoms with Crippen molar-refractivity contribution in [3.05, 3.63) is 41.6 Å². The van der Waals surface area contributed by atoms with Gasteiger partial charge in [0.2, 0.25) is 0 Å². The second-order valence-electron chi connectivity index (χ2n) is 2.45. The summed E-state index contributed by atoms with van der Waals surface area (Å²) in [6.07, 6.45) is 1.22. The van der Waals surface area contributed by atoms with E-state index in [-0.39, 0.29) is 0 Å². The zero-order valence-electron chi connectivity index (χ0n) is 6.95. The largest absolute Gasteiger partial charge is 0.378 e. The number of benzene rings is 1. The lowest BCUT2D eigenvalue weighted by atomic mass is 10.1. The first-order valence-electron chi connectivity index (χ1n) is 3.78. The first kappa shape index (κ1) is 9.05. The molecule has 1 aromatic carbocycles. The third-order valence-electron chi connectivity index (χ3n) is 1.55. The van der Waals surface area contributed by atoms with Crippen LogP contribution in [-0.4, -0.2) is 5.94 Å². The van der Waals surface area contributed by atoms with E-state index < -0.39 is 0 Å². The standard InChI is InChI=1S/C10H8N2O/c11-7-9-1-3-10(4-2-9)8-12-5-6-13/h1-5,12H,8H2. The lowest BCUT2D eigenvalue weighted by Crippen LogP contribution is -2.04. The average molecular weight is 172 g/mol. The summed E-state index contributed by atoms with van der Waals surface area (Å²) in [5.74, 6) is 1.62. The van der Waals surface area contributed by atoms with E-state index in [0.29, 0.717) is 12.1 Å². The van der Waals surface area contributed by atoms with Crippen molar-refractivity contribution in [3.8, 4) is 6.07 Å². The summed E-state index contributed by atoms with van der Waals surface area (Å²) in [5.41, 5.74) is 1.65. The third kappa shape index (κ3) is 2.82. The molecule has 0 heterocycles. The monoisotopic (exact) mass is 172 g/mol. The molecule has 3 heteroatoms. The van der Waals surface area contributed by atoms with Crippen LogP contribution in [0, 0.1) is 11.3 Å². The molecule has 0 aliphatic rings. The highest BCUT2D eigenvalue weighted by atomic mass is 16.1. The summed E-state index contributed by atoms with van der Waals surface area (Å²) >= 11 is 0. The Morgan fingerprint density at radius 1 is 1.38 bits per heavy atom. The van der Waals surface area contributed by atoms with Crippen molar-refractivity contribution in [2.75, 3.05) is 0 Å². The molecular formula is C10H8N2O. The molecule has 64 valence electrons. The Hall–Kier alpha value is -2.04. The molecule has 13 heavy (non-hydrogen) atoms. The van der Waals surface area contributed by atoms with Crippen molar-refractivity contribution in [1.82, 2.24) is 5.32 Å². The highest BCUT2D eigenvalue weighted by molar-refractivity contribution is 5.44. The molecule has 0 atom stereocenters. The molecule has 0 spiro atoms. The van der Waals surface area contributed by atoms with Crippen LogP contribution in [0.15, 0.2) is 30.5 Å². The van der Waals surface area contributed by atoms with Crippen molar-refractivity contribution in [3.63, 3.8) is 0 Å². The van der Waals surface area contributed by atoms with E-state index >= 15 is 0 Å². The molecule has 0 saturated carbocycles. The predicted octanol–water partition coefficient (Wildman–Crippen LogP) is 0.993. The van der Waals surface area contributed by atoms with Gasteiger partial charge in [-0.2, -0.15) is 5.26 Å². The maximum Gasteiger partial charge on any atom is 0.141 e. The Kier molecular flexibility index (Phi) is 3.31. The molecule has 0 saturated heterocycles. The number of nitriles is 1. The van der Waals surface area contributed by atoms with Crippen molar-refractivity contribution < 1.29 is 4.79 Å². The first-order chi connectivity index (χ1) is 6.36. The summed E-state index contributed by atoms with van der Waals surface area (Å²) in [6.45, 7) is 0.570. The quantitative estimate of drug-likeness (QED) is 0.692. The molecule has 0 aliphatic carbocycles. The minimum absolute atomic E-state index is 0.570. The van der Waals surface area contributed by atoms with Gasteiger partial charge in [0.05, 0.1) is 17.8 Å². The van der Waals surface area contributed by atoms with Crippen molar-refractivity contribution in [2.24, 2.45) is 0 Å². The Labute approximate surface area is 76.3 Å². The summed E-state index contributed by atoms with van der Waals surface area (Å²) < 4.78 is 0. The Bertz CT molecular complexity index is 356. The minimum Gasteiger partial charge on any atom is -0.378 e. The van der Waals surface area contributed by atoms with Crippen molar-refractivity contribution in [1.29, 1.82) is 5.26 Å². The van der Waals surface area contributed by atoms with Crippen LogP contribution in [-0.2, 0) is 11.3 Å². The fourth-order valence-electron chi connectivity index (χ4n) is 0.908. The van der Waals surface area contributed by atoms with Crippen molar-refractivity contribution >= 4 is 5.94 Å². The SMILES string of the molecule is N#Cc1ccc(CNC=C=O)cc1. The van der Waals surface area contributed by atoms with Gasteiger partial charge >= 0.3 is 0 Å². The number of hydrogen-bond acceptors (Lipinski definition) is 3. The second kappa shape index (κ2) is 4.76. The predicted molar refractivity (Wildman–Crippen MR) is 48.3 cm³/mol. The van der Waals surface area contributed by atoms with E-state index in [9.17, 15) is 4.79 Å². The Morgan fingerprint density at radius 3 is 2.62 bits per heavy atom. The van der Waals surface area contributed by atoms with Gasteiger partial charge in [-0.05, 0) is 17.7 Å². The molecule has 0 unspecified atom stereocenters. The van der Waals surface area contributed by atoms with E-state index in [4.69, 9.17) is 5.26 Å². The van der Waals surface area contributed by atoms with E-state index in [1.165, 1.54) is 6.20 Å². The first-order valence-corrected chi connectivity index (χ1v) is 3.78. The van der Waals surface area contributed by atoms with Crippen LogP contribution in [0.5, 0.6) is 0 Å². The minimum atomic E-state index is 0.570. The van der Waals surface area contributed by atoms with E-state index in [0.717, 1.165) is 5.56 Å². The van der Waals surface area contributed by atoms with Crippen LogP contribution in [0.4, 0.5) is 0 Å². The van der Waals surface area contributed by atoms with Gasteiger partial charge in [-0.1, -0.05) is 12.1 Å². The molecule has 0 aromatic heterocycles. The van der Waals surface area contributed by atoms with Crippen LogP contribution in [0.1, 0.15) is 11.1 Å². The molecule has 1 rings (SSSR count). The second-order valence-corrected chi connectivity index (χ2v) is 2.45. The maximum atomic E-state index is 9.81. The third-order valence-corrected chi connectivity index (χ3v) is 1.55. The van der Waals surface area contributed by atoms with Crippen LogP contribution >= 0.6 is 0 Å². The molecule has 0 aliphatic heterocycles. The summed E-state index contributed by atoms with van der Waals surface area (Å²) in [7, 11) is 0. The van der Waals surface area contributed by atoms with Gasteiger partial charge in [-0.25, -0.2) is 4.79 Å². The highest BCUT2D eigenvalue weighted by Crippen LogP contribution is 2.02. The smallest absolute Gasteiger partial charge is 0.141 e. The zero-order chi connectivity index (χ0) is 9.52. The fourth-order valence-corrected chi connectivity index (χ4v) is 0.908. The summed E-state index contributed by atoms with van der Waals surface area (Å²) in [5, 5.41) is 11.3. The van der Waals surface area contributed by atoms with Gasteiger partial charge in [0, 0.05) is 6.54 Å². The average Bonchev–Trinajstić information content (AvgIpc) is 2.19. The zero-order valence-corrected chi connectivity index (χ0v) is 6.95. The van der Waals surface area contributed by atoms with Gasteiger partial charge in [-0.3, -0.25) is 0 Å². The molecule has 0 radical (unpaired) electrons. The fraction of sp³-hybridized carbons (Fsp3) is 0.100. The van der Waals surface area contributed by atoms with Crippen molar-refractivity contribution in [2.45, 2.75) is 6.54 Å². The molecule has 0 bridgehead atoms. The molecule has 0 amide bonds. The van der Waals surface area contributed by atoms with E-state index in [2.05, 4.69) is 5.32 Å². The summed E-state index contributed by atoms with van der Waals surface area (Å²) in [4.78, 5) is 9.81. The van der Waals surface area contributed by atoms with Gasteiger partial charge < -0.3 is 5.32 Å². The molecule has 0 fully saturated rings. The normalized spacial score (nSPS) is 8.23. The number of carbonyl (C=O) groups excluding carboxylic acids is 1. The Morgan fingerprint density at radius 2 is 2.08 bits per heavy atom. The molecule has 3 nitrogen and oxygen atoms in total. The lowest BCUT2D eigenvalue weighted by Gasteiger charge is -1.98. The van der Waals surface area contributed by atoms with Crippen LogP contribution < -0.4 is 5.32 Å². The summed E-state index contributed by atoms with van der Waals surface area (Å²) in [6, 6.07) is 9.18. The van der Waals surface area contributed by atoms with Gasteiger partial charge in [0.1, 0.15) is 5.94 Å². The number of nitrogens with zero attached hydrogens (tertiary/aromatic N) is 1. The molecule has 1 aromatic rings. The van der Waals surface area contributed by atoms with Gasteiger partial charge in [0.15, 0.2) is 0 Å². The van der Waals surface area contributed by atoms with Gasteiger partial charge in [-0.15, -0.1) is 0 Å².